The molecule has 0 aliphatic rings. The monoisotopic (exact) mass is 485 g/mol. The fourth-order valence-corrected chi connectivity index (χ4v) is 3.57. The number of ketones is 1. The number of carbonyl (C=O) groups excluding carboxylic acids is 1. The predicted octanol–water partition coefficient (Wildman–Crippen LogP) is 6.35. The van der Waals surface area contributed by atoms with Crippen molar-refractivity contribution in [3.63, 3.8) is 0 Å². The number of aromatic hydroxyl groups is 1. The molecular formula is C27H35NO7. The fourth-order valence-electron chi connectivity index (χ4n) is 3.57. The first-order valence-corrected chi connectivity index (χ1v) is 11.9. The summed E-state index contributed by atoms with van der Waals surface area (Å²) in [6, 6.07) is 3.17. The van der Waals surface area contributed by atoms with E-state index in [9.17, 15) is 19.5 Å². The Kier molecular flexibility index (Phi) is 10.6. The number of furan rings is 1. The maximum atomic E-state index is 12.9. The summed E-state index contributed by atoms with van der Waals surface area (Å²) in [6.45, 7) is 5.54. The molecule has 8 nitrogen and oxygen atoms in total. The molecule has 2 heterocycles. The molecule has 8 heteroatoms. The van der Waals surface area contributed by atoms with Gasteiger partial charge in [-0.3, -0.25) is 9.69 Å². The van der Waals surface area contributed by atoms with E-state index in [0.717, 1.165) is 29.7 Å². The summed E-state index contributed by atoms with van der Waals surface area (Å²) >= 11 is 0. The Hall–Kier alpha value is -3.55. The van der Waals surface area contributed by atoms with E-state index in [1.165, 1.54) is 32.2 Å². The second kappa shape index (κ2) is 13.4. The Labute approximate surface area is 205 Å². The third-order valence-electron chi connectivity index (χ3n) is 5.77. The Morgan fingerprint density at radius 3 is 2.60 bits per heavy atom. The van der Waals surface area contributed by atoms with E-state index in [-0.39, 0.29) is 17.3 Å². The average molecular weight is 486 g/mol. The van der Waals surface area contributed by atoms with Crippen LogP contribution in [0.1, 0.15) is 92.7 Å². The van der Waals surface area contributed by atoms with Crippen LogP contribution < -0.4 is 5.63 Å². The van der Waals surface area contributed by atoms with E-state index in [1.807, 2.05) is 13.0 Å². The molecule has 190 valence electrons. The third-order valence-corrected chi connectivity index (χ3v) is 5.77. The highest BCUT2D eigenvalue weighted by molar-refractivity contribution is 6.11. The lowest BCUT2D eigenvalue weighted by atomic mass is 9.99. The normalized spacial score (nSPS) is 12.7. The molecule has 0 aliphatic heterocycles. The highest BCUT2D eigenvalue weighted by Crippen LogP contribution is 2.26. The zero-order chi connectivity index (χ0) is 26.0. The van der Waals surface area contributed by atoms with Crippen LogP contribution in [-0.4, -0.2) is 34.0 Å². The summed E-state index contributed by atoms with van der Waals surface area (Å²) in [5.74, 6) is -0.524. The van der Waals surface area contributed by atoms with Crippen molar-refractivity contribution in [2.24, 2.45) is 0 Å². The summed E-state index contributed by atoms with van der Waals surface area (Å²) in [6.07, 6.45) is 11.9. The third kappa shape index (κ3) is 8.31. The smallest absolute Gasteiger partial charge is 0.411 e. The van der Waals surface area contributed by atoms with Gasteiger partial charge in [-0.15, -0.1) is 0 Å². The first kappa shape index (κ1) is 27.7. The summed E-state index contributed by atoms with van der Waals surface area (Å²) in [4.78, 5) is 37.2. The van der Waals surface area contributed by atoms with Gasteiger partial charge in [-0.25, -0.2) is 9.59 Å². The molecule has 0 fully saturated rings. The molecule has 0 spiro atoms. The highest BCUT2D eigenvalue weighted by Gasteiger charge is 2.22. The second-order valence-corrected chi connectivity index (χ2v) is 8.78. The number of hydrogen-bond acceptors (Lipinski definition) is 6. The van der Waals surface area contributed by atoms with E-state index in [0.29, 0.717) is 18.6 Å². The number of rotatable bonds is 13. The van der Waals surface area contributed by atoms with E-state index >= 15 is 0 Å². The van der Waals surface area contributed by atoms with Crippen LogP contribution >= 0.6 is 0 Å². The predicted molar refractivity (Wildman–Crippen MR) is 134 cm³/mol. The molecule has 2 aromatic rings. The zero-order valence-electron chi connectivity index (χ0n) is 20.9. The summed E-state index contributed by atoms with van der Waals surface area (Å²) in [5.41, 5.74) is -0.0171. The van der Waals surface area contributed by atoms with Gasteiger partial charge in [0, 0.05) is 30.8 Å². The number of hydrogen-bond donors (Lipinski definition) is 2. The molecule has 0 aromatic carbocycles. The van der Waals surface area contributed by atoms with Crippen molar-refractivity contribution in [3.8, 4) is 5.75 Å². The zero-order valence-corrected chi connectivity index (χ0v) is 20.9. The van der Waals surface area contributed by atoms with Crippen molar-refractivity contribution in [1.82, 2.24) is 4.90 Å². The number of allylic oxidation sites excluding steroid dienone is 2. The van der Waals surface area contributed by atoms with Gasteiger partial charge in [-0.05, 0) is 50.3 Å². The molecule has 1 amide bonds. The van der Waals surface area contributed by atoms with E-state index in [2.05, 4.69) is 6.92 Å². The maximum absolute atomic E-state index is 12.9. The van der Waals surface area contributed by atoms with E-state index in [4.69, 9.17) is 13.9 Å². The molecule has 0 saturated heterocycles. The number of amides is 1. The molecule has 2 rings (SSSR count). The van der Waals surface area contributed by atoms with Crippen molar-refractivity contribution in [2.45, 2.75) is 71.6 Å². The molecule has 0 bridgehead atoms. The lowest BCUT2D eigenvalue weighted by Crippen LogP contribution is -2.17. The topological polar surface area (TPSA) is 121 Å². The number of aryl methyl sites for hydroxylation is 1. The van der Waals surface area contributed by atoms with Crippen molar-refractivity contribution in [3.05, 3.63) is 69.3 Å². The van der Waals surface area contributed by atoms with Gasteiger partial charge in [0.15, 0.2) is 5.78 Å². The molecular weight excluding hydrogens is 450 g/mol. The van der Waals surface area contributed by atoms with E-state index in [1.54, 1.807) is 25.3 Å². The standard InChI is InChI=1S/C27H35NO7/c1-5-6-7-8-12-20-15-21(34-17-20)14-19(3)25(30)24-22(29)16-23(35-26(24)31)18(2)11-9-10-13-28(4)27(32)33/h10,13-18,29H,5-9,11-12H2,1-4H3,(H,32,33)/b13-10+,19-14-. The van der Waals surface area contributed by atoms with Gasteiger partial charge in [0.05, 0.1) is 6.26 Å². The summed E-state index contributed by atoms with van der Waals surface area (Å²) < 4.78 is 10.9. The van der Waals surface area contributed by atoms with Crippen LogP contribution in [0.2, 0.25) is 0 Å². The van der Waals surface area contributed by atoms with Crippen LogP contribution in [0.4, 0.5) is 4.79 Å². The minimum Gasteiger partial charge on any atom is -0.507 e. The molecule has 1 unspecified atom stereocenters. The Morgan fingerprint density at radius 1 is 1.20 bits per heavy atom. The lowest BCUT2D eigenvalue weighted by Gasteiger charge is -2.11. The van der Waals surface area contributed by atoms with Gasteiger partial charge >= 0.3 is 11.7 Å². The largest absolute Gasteiger partial charge is 0.507 e. The van der Waals surface area contributed by atoms with Gasteiger partial charge in [0.25, 0.3) is 0 Å². The Balaban J connectivity index is 2.07. The van der Waals surface area contributed by atoms with E-state index < -0.39 is 28.8 Å². The fraction of sp³-hybridized carbons (Fsp3) is 0.444. The quantitative estimate of drug-likeness (QED) is 0.192. The lowest BCUT2D eigenvalue weighted by molar-refractivity contribution is 0.102. The van der Waals surface area contributed by atoms with Gasteiger partial charge < -0.3 is 19.0 Å². The summed E-state index contributed by atoms with van der Waals surface area (Å²) in [5, 5.41) is 19.3. The van der Waals surface area contributed by atoms with Crippen molar-refractivity contribution in [1.29, 1.82) is 0 Å². The number of carbonyl (C=O) groups is 2. The van der Waals surface area contributed by atoms with Crippen LogP contribution in [0.15, 0.2) is 49.9 Å². The Bertz CT molecular complexity index is 1120. The number of nitrogens with zero attached hydrogens (tertiary/aromatic N) is 1. The minimum atomic E-state index is -1.07. The second-order valence-electron chi connectivity index (χ2n) is 8.78. The highest BCUT2D eigenvalue weighted by atomic mass is 16.4. The van der Waals surface area contributed by atoms with Crippen LogP contribution in [-0.2, 0) is 6.42 Å². The average Bonchev–Trinajstić information content (AvgIpc) is 3.25. The first-order chi connectivity index (χ1) is 16.6. The number of unbranched alkanes of at least 4 members (excludes halogenated alkanes) is 3. The van der Waals surface area contributed by atoms with Gasteiger partial charge in [-0.2, -0.15) is 0 Å². The van der Waals surface area contributed by atoms with Crippen molar-refractivity contribution < 1.29 is 28.6 Å². The van der Waals surface area contributed by atoms with Crippen LogP contribution in [0.3, 0.4) is 0 Å². The maximum Gasteiger partial charge on any atom is 0.411 e. The first-order valence-electron chi connectivity index (χ1n) is 11.9. The molecule has 2 N–H and O–H groups in total. The minimum absolute atomic E-state index is 0.229. The van der Waals surface area contributed by atoms with Crippen molar-refractivity contribution >= 4 is 18.0 Å². The summed E-state index contributed by atoms with van der Waals surface area (Å²) in [7, 11) is 1.42. The molecule has 0 saturated carbocycles. The molecule has 2 aromatic heterocycles. The number of carboxylic acid groups (broad SMARTS) is 1. The van der Waals surface area contributed by atoms with Gasteiger partial charge in [-0.1, -0.05) is 39.2 Å². The SMILES string of the molecule is CCCCCCc1coc(/C=C(/C)C(=O)c2c(O)cc(C(C)CC/C=C/N(C)C(=O)O)oc2=O)c1. The van der Waals surface area contributed by atoms with Gasteiger partial charge in [0.1, 0.15) is 22.8 Å². The van der Waals surface area contributed by atoms with Crippen LogP contribution in [0.5, 0.6) is 5.75 Å². The molecule has 0 aliphatic carbocycles. The number of Topliss-reactive ketones (excluding diaryl/α,β-unsaturated/α-hetero) is 1. The molecule has 1 atom stereocenters. The van der Waals surface area contributed by atoms with Crippen LogP contribution in [0, 0.1) is 0 Å². The molecule has 35 heavy (non-hydrogen) atoms. The van der Waals surface area contributed by atoms with Gasteiger partial charge in [0.2, 0.25) is 0 Å². The van der Waals surface area contributed by atoms with Crippen molar-refractivity contribution in [2.75, 3.05) is 7.05 Å². The van der Waals surface area contributed by atoms with Crippen LogP contribution in [0.25, 0.3) is 6.08 Å². The Morgan fingerprint density at radius 2 is 1.94 bits per heavy atom. The molecule has 0 radical (unpaired) electrons.